The van der Waals surface area contributed by atoms with Crippen LogP contribution < -0.4 is 10.6 Å². The number of para-hydroxylation sites is 1. The molecule has 2 aliphatic heterocycles. The van der Waals surface area contributed by atoms with Crippen molar-refractivity contribution in [2.24, 2.45) is 0 Å². The van der Waals surface area contributed by atoms with E-state index in [-0.39, 0.29) is 6.61 Å². The highest BCUT2D eigenvalue weighted by molar-refractivity contribution is 7.80. The fraction of sp³-hybridized carbons (Fsp3) is 0.562. The molecule has 1 aromatic carbocycles. The molecule has 2 aliphatic rings. The zero-order valence-corrected chi connectivity index (χ0v) is 14.3. The van der Waals surface area contributed by atoms with Crippen LogP contribution in [0, 0.1) is 0 Å². The largest absolute Gasteiger partial charge is 0.394 e. The van der Waals surface area contributed by atoms with Crippen molar-refractivity contribution in [1.82, 2.24) is 5.32 Å². The fourth-order valence-electron chi connectivity index (χ4n) is 2.94. The molecule has 0 aromatic heterocycles. The number of fused-ring (bicyclic) bond motifs is 1. The Morgan fingerprint density at radius 1 is 1.29 bits per heavy atom. The van der Waals surface area contributed by atoms with E-state index in [4.69, 9.17) is 26.4 Å². The molecule has 0 amide bonds. The van der Waals surface area contributed by atoms with Gasteiger partial charge in [-0.25, -0.2) is 0 Å². The minimum absolute atomic E-state index is 0.263. The number of hydrogen-bond donors (Lipinski definition) is 4. The number of nitrogens with one attached hydrogen (secondary N) is 2. The van der Waals surface area contributed by atoms with Gasteiger partial charge in [-0.15, -0.1) is 0 Å². The Hall–Kier alpha value is -1.29. The number of benzene rings is 1. The van der Waals surface area contributed by atoms with Crippen LogP contribution in [0.25, 0.3) is 0 Å². The van der Waals surface area contributed by atoms with Crippen LogP contribution >= 0.6 is 12.2 Å². The minimum atomic E-state index is -0.930. The molecule has 0 radical (unpaired) electrons. The molecule has 24 heavy (non-hydrogen) atoms. The minimum Gasteiger partial charge on any atom is -0.394 e. The highest BCUT2D eigenvalue weighted by atomic mass is 32.1. The maximum atomic E-state index is 10.5. The first-order valence-corrected chi connectivity index (χ1v) is 8.23. The topological polar surface area (TPSA) is 92.2 Å². The molecule has 132 valence electrons. The molecule has 2 saturated heterocycles. The summed E-state index contributed by atoms with van der Waals surface area (Å²) in [4.78, 5) is 0. The third kappa shape index (κ3) is 3.69. The van der Waals surface area contributed by atoms with Gasteiger partial charge in [0, 0.05) is 5.69 Å². The Bertz CT molecular complexity index is 585. The lowest BCUT2D eigenvalue weighted by atomic mass is 10.0. The molecule has 3 rings (SSSR count). The van der Waals surface area contributed by atoms with Crippen molar-refractivity contribution in [3.05, 3.63) is 30.3 Å². The van der Waals surface area contributed by atoms with Gasteiger partial charge in [0.05, 0.1) is 12.6 Å². The molecule has 7 nitrogen and oxygen atoms in total. The van der Waals surface area contributed by atoms with Gasteiger partial charge in [0.15, 0.2) is 17.2 Å². The average molecular weight is 354 g/mol. The highest BCUT2D eigenvalue weighted by Gasteiger charge is 2.56. The predicted molar refractivity (Wildman–Crippen MR) is 91.4 cm³/mol. The third-order valence-electron chi connectivity index (χ3n) is 3.99. The molecular formula is C16H22N2O5S. The smallest absolute Gasteiger partial charge is 0.190 e. The van der Waals surface area contributed by atoms with Crippen molar-refractivity contribution < 1.29 is 24.4 Å². The first kappa shape index (κ1) is 17.5. The molecule has 0 unspecified atom stereocenters. The standard InChI is InChI=1S/C16H22N2O5S/c1-16(2)22-13-11(20)12(21-14(13)23-16)10(8-19)18-15(24)17-9-6-4-3-5-7-9/h3-7,10-14,19-20H,8H2,1-2H3,(H2,17,18,24)/t10-,11+,12+,13-,14-/m1/s1. The number of anilines is 1. The van der Waals surface area contributed by atoms with E-state index in [0.29, 0.717) is 5.11 Å². The maximum absolute atomic E-state index is 10.5. The van der Waals surface area contributed by atoms with Crippen molar-refractivity contribution in [2.75, 3.05) is 11.9 Å². The quantitative estimate of drug-likeness (QED) is 0.584. The lowest BCUT2D eigenvalue weighted by Gasteiger charge is -2.29. The van der Waals surface area contributed by atoms with E-state index >= 15 is 0 Å². The van der Waals surface area contributed by atoms with E-state index in [9.17, 15) is 10.2 Å². The van der Waals surface area contributed by atoms with E-state index < -0.39 is 36.4 Å². The van der Waals surface area contributed by atoms with Crippen LogP contribution in [0.2, 0.25) is 0 Å². The average Bonchev–Trinajstić information content (AvgIpc) is 2.99. The first-order chi connectivity index (χ1) is 11.4. The molecule has 2 heterocycles. The molecule has 1 aromatic rings. The number of thiocarbonyl (C=S) groups is 1. The van der Waals surface area contributed by atoms with Crippen LogP contribution in [0.1, 0.15) is 13.8 Å². The van der Waals surface area contributed by atoms with Crippen molar-refractivity contribution in [1.29, 1.82) is 0 Å². The molecule has 4 N–H and O–H groups in total. The summed E-state index contributed by atoms with van der Waals surface area (Å²) in [5.74, 6) is -0.798. The summed E-state index contributed by atoms with van der Waals surface area (Å²) >= 11 is 5.26. The van der Waals surface area contributed by atoms with Gasteiger partial charge in [-0.2, -0.15) is 0 Å². The fourth-order valence-corrected chi connectivity index (χ4v) is 3.21. The molecular weight excluding hydrogens is 332 g/mol. The predicted octanol–water partition coefficient (Wildman–Crippen LogP) is 0.571. The van der Waals surface area contributed by atoms with Crippen LogP contribution in [0.15, 0.2) is 30.3 Å². The Morgan fingerprint density at radius 2 is 2.00 bits per heavy atom. The Labute approximate surface area is 145 Å². The molecule has 8 heteroatoms. The third-order valence-corrected chi connectivity index (χ3v) is 4.21. The van der Waals surface area contributed by atoms with Gasteiger partial charge in [-0.3, -0.25) is 0 Å². The molecule has 5 atom stereocenters. The second kappa shape index (κ2) is 6.91. The summed E-state index contributed by atoms with van der Waals surface area (Å²) in [5, 5.41) is 26.4. The second-order valence-electron chi connectivity index (χ2n) is 6.31. The van der Waals surface area contributed by atoms with Gasteiger partial charge < -0.3 is 35.1 Å². The number of hydrogen-bond acceptors (Lipinski definition) is 6. The highest BCUT2D eigenvalue weighted by Crippen LogP contribution is 2.38. The zero-order valence-electron chi connectivity index (χ0n) is 13.5. The van der Waals surface area contributed by atoms with Gasteiger partial charge in [0.2, 0.25) is 0 Å². The lowest BCUT2D eigenvalue weighted by molar-refractivity contribution is -0.218. The number of aliphatic hydroxyl groups is 2. The zero-order chi connectivity index (χ0) is 17.3. The van der Waals surface area contributed by atoms with Gasteiger partial charge >= 0.3 is 0 Å². The van der Waals surface area contributed by atoms with Crippen molar-refractivity contribution in [2.45, 2.75) is 50.3 Å². The lowest BCUT2D eigenvalue weighted by Crippen LogP contribution is -2.52. The Kier molecular flexibility index (Phi) is 5.05. The second-order valence-corrected chi connectivity index (χ2v) is 6.72. The van der Waals surface area contributed by atoms with E-state index in [1.807, 2.05) is 30.3 Å². The summed E-state index contributed by atoms with van der Waals surface area (Å²) in [6.45, 7) is 3.26. The summed E-state index contributed by atoms with van der Waals surface area (Å²) in [6, 6.07) is 8.82. The number of aliphatic hydroxyl groups excluding tert-OH is 2. The van der Waals surface area contributed by atoms with E-state index in [1.165, 1.54) is 0 Å². The normalized spacial score (nSPS) is 32.2. The van der Waals surface area contributed by atoms with Gasteiger partial charge in [0.25, 0.3) is 0 Å². The van der Waals surface area contributed by atoms with Gasteiger partial charge in [-0.05, 0) is 38.2 Å². The van der Waals surface area contributed by atoms with Crippen molar-refractivity contribution >= 4 is 23.0 Å². The Balaban J connectivity index is 1.60. The van der Waals surface area contributed by atoms with Gasteiger partial charge in [-0.1, -0.05) is 18.2 Å². The number of rotatable bonds is 4. The van der Waals surface area contributed by atoms with Gasteiger partial charge in [0.1, 0.15) is 18.3 Å². The van der Waals surface area contributed by atoms with E-state index in [2.05, 4.69) is 10.6 Å². The van der Waals surface area contributed by atoms with Crippen LogP contribution in [-0.4, -0.2) is 58.4 Å². The van der Waals surface area contributed by atoms with Crippen LogP contribution in [0.5, 0.6) is 0 Å². The van der Waals surface area contributed by atoms with Crippen molar-refractivity contribution in [3.8, 4) is 0 Å². The Morgan fingerprint density at radius 3 is 2.62 bits per heavy atom. The monoisotopic (exact) mass is 354 g/mol. The van der Waals surface area contributed by atoms with Crippen molar-refractivity contribution in [3.63, 3.8) is 0 Å². The molecule has 0 bridgehead atoms. The molecule has 0 aliphatic carbocycles. The molecule has 0 saturated carbocycles. The molecule has 0 spiro atoms. The van der Waals surface area contributed by atoms with E-state index in [1.54, 1.807) is 13.8 Å². The maximum Gasteiger partial charge on any atom is 0.190 e. The summed E-state index contributed by atoms with van der Waals surface area (Å²) in [5.41, 5.74) is 0.824. The van der Waals surface area contributed by atoms with Crippen LogP contribution in [-0.2, 0) is 14.2 Å². The van der Waals surface area contributed by atoms with Crippen LogP contribution in [0.4, 0.5) is 5.69 Å². The van der Waals surface area contributed by atoms with Crippen LogP contribution in [0.3, 0.4) is 0 Å². The SMILES string of the molecule is CC1(C)O[C@H]2O[C@@H]([C@@H](CO)NC(=S)Nc3ccccc3)[C@H](O)[C@H]2O1. The molecule has 2 fully saturated rings. The first-order valence-electron chi connectivity index (χ1n) is 7.82. The summed E-state index contributed by atoms with van der Waals surface area (Å²) < 4.78 is 17.0. The summed E-state index contributed by atoms with van der Waals surface area (Å²) in [7, 11) is 0. The van der Waals surface area contributed by atoms with E-state index in [0.717, 1.165) is 5.69 Å². The number of ether oxygens (including phenoxy) is 3. The summed E-state index contributed by atoms with van der Waals surface area (Å²) in [6.07, 6.45) is -2.87.